The van der Waals surface area contributed by atoms with Gasteiger partial charge in [0, 0.05) is 19.0 Å². The molecule has 1 aliphatic heterocycles. The van der Waals surface area contributed by atoms with Crippen LogP contribution in [0.1, 0.15) is 30.9 Å². The number of carbonyl (C=O) groups is 2. The predicted octanol–water partition coefficient (Wildman–Crippen LogP) is 1.79. The first kappa shape index (κ1) is 16.3. The molecule has 5 heteroatoms. The normalized spacial score (nSPS) is 17.1. The molecule has 1 saturated heterocycles. The number of rotatable bonds is 4. The number of hydrogen-bond acceptors (Lipinski definition) is 3. The molecular weight excluding hydrogens is 280 g/mol. The van der Waals surface area contributed by atoms with Gasteiger partial charge in [0.25, 0.3) is 5.91 Å². The van der Waals surface area contributed by atoms with E-state index in [1.807, 2.05) is 26.0 Å². The molecule has 5 nitrogen and oxygen atoms in total. The van der Waals surface area contributed by atoms with Gasteiger partial charge < -0.3 is 15.4 Å². The molecule has 0 bridgehead atoms. The average Bonchev–Trinajstić information content (AvgIpc) is 2.45. The molecule has 1 fully saturated rings. The van der Waals surface area contributed by atoms with E-state index >= 15 is 0 Å². The smallest absolute Gasteiger partial charge is 0.263 e. The molecule has 22 heavy (non-hydrogen) atoms. The van der Waals surface area contributed by atoms with Gasteiger partial charge in [-0.3, -0.25) is 9.59 Å². The lowest BCUT2D eigenvalue weighted by Crippen LogP contribution is -2.46. The van der Waals surface area contributed by atoms with Gasteiger partial charge in [-0.15, -0.1) is 0 Å². The Morgan fingerprint density at radius 1 is 1.18 bits per heavy atom. The van der Waals surface area contributed by atoms with Crippen LogP contribution in [0.2, 0.25) is 0 Å². The Balaban J connectivity index is 1.94. The van der Waals surface area contributed by atoms with E-state index in [-0.39, 0.29) is 17.7 Å². The van der Waals surface area contributed by atoms with Crippen molar-refractivity contribution in [3.05, 3.63) is 29.3 Å². The summed E-state index contributed by atoms with van der Waals surface area (Å²) in [5, 5.41) is 0. The van der Waals surface area contributed by atoms with Crippen molar-refractivity contribution in [3.63, 3.8) is 0 Å². The van der Waals surface area contributed by atoms with Crippen LogP contribution in [0.15, 0.2) is 18.2 Å². The minimum atomic E-state index is -0.536. The molecule has 1 aromatic carbocycles. The van der Waals surface area contributed by atoms with Gasteiger partial charge in [-0.1, -0.05) is 6.07 Å². The molecule has 120 valence electrons. The second-order valence-corrected chi connectivity index (χ2v) is 6.09. The Hall–Kier alpha value is -2.04. The minimum absolute atomic E-state index is 0.0397. The molecule has 1 aromatic rings. The number of amides is 2. The van der Waals surface area contributed by atoms with Gasteiger partial charge in [0.2, 0.25) is 5.91 Å². The third-order valence-electron chi connectivity index (χ3n) is 4.06. The Morgan fingerprint density at radius 3 is 2.23 bits per heavy atom. The highest BCUT2D eigenvalue weighted by molar-refractivity contribution is 5.82. The fourth-order valence-electron chi connectivity index (χ4n) is 2.90. The summed E-state index contributed by atoms with van der Waals surface area (Å²) in [6.45, 7) is 6.89. The Kier molecular flexibility index (Phi) is 5.06. The van der Waals surface area contributed by atoms with Crippen molar-refractivity contribution in [1.29, 1.82) is 0 Å². The van der Waals surface area contributed by atoms with Crippen molar-refractivity contribution in [1.82, 2.24) is 4.90 Å². The van der Waals surface area contributed by atoms with Crippen LogP contribution in [0.25, 0.3) is 0 Å². The van der Waals surface area contributed by atoms with Crippen molar-refractivity contribution in [3.8, 4) is 5.75 Å². The Bertz CT molecular complexity index is 543. The van der Waals surface area contributed by atoms with Gasteiger partial charge in [-0.05, 0) is 56.9 Å². The van der Waals surface area contributed by atoms with Crippen LogP contribution in [0.4, 0.5) is 0 Å². The predicted molar refractivity (Wildman–Crippen MR) is 84.5 cm³/mol. The summed E-state index contributed by atoms with van der Waals surface area (Å²) in [6, 6.07) is 5.92. The van der Waals surface area contributed by atoms with Crippen molar-refractivity contribution in [2.24, 2.45) is 11.7 Å². The molecule has 0 spiro atoms. The van der Waals surface area contributed by atoms with Crippen LogP contribution in [0.5, 0.6) is 5.75 Å². The quantitative estimate of drug-likeness (QED) is 0.922. The molecule has 2 rings (SSSR count). The van der Waals surface area contributed by atoms with Crippen LogP contribution in [0.3, 0.4) is 0 Å². The lowest BCUT2D eigenvalue weighted by molar-refractivity contribution is -0.140. The average molecular weight is 304 g/mol. The van der Waals surface area contributed by atoms with E-state index < -0.39 is 6.10 Å². The van der Waals surface area contributed by atoms with E-state index in [1.165, 1.54) is 0 Å². The number of carbonyl (C=O) groups excluding carboxylic acids is 2. The number of piperidine rings is 1. The van der Waals surface area contributed by atoms with E-state index in [1.54, 1.807) is 11.8 Å². The summed E-state index contributed by atoms with van der Waals surface area (Å²) < 4.78 is 5.78. The van der Waals surface area contributed by atoms with Gasteiger partial charge in [-0.2, -0.15) is 0 Å². The number of likely N-dealkylation sites (tertiary alicyclic amines) is 1. The number of nitrogens with two attached hydrogens (primary N) is 1. The first-order valence-corrected chi connectivity index (χ1v) is 7.70. The summed E-state index contributed by atoms with van der Waals surface area (Å²) in [4.78, 5) is 25.4. The molecule has 0 radical (unpaired) electrons. The summed E-state index contributed by atoms with van der Waals surface area (Å²) in [6.07, 6.45) is 0.737. The number of aryl methyl sites for hydroxylation is 2. The van der Waals surface area contributed by atoms with E-state index in [4.69, 9.17) is 10.5 Å². The molecule has 0 saturated carbocycles. The zero-order chi connectivity index (χ0) is 16.3. The zero-order valence-corrected chi connectivity index (χ0v) is 13.5. The lowest BCUT2D eigenvalue weighted by atomic mass is 9.96. The third kappa shape index (κ3) is 4.00. The van der Waals surface area contributed by atoms with Crippen LogP contribution < -0.4 is 10.5 Å². The summed E-state index contributed by atoms with van der Waals surface area (Å²) in [7, 11) is 0. The number of benzene rings is 1. The summed E-state index contributed by atoms with van der Waals surface area (Å²) in [5.74, 6) is 0.291. The largest absolute Gasteiger partial charge is 0.481 e. The Morgan fingerprint density at radius 2 is 1.73 bits per heavy atom. The molecule has 0 aliphatic carbocycles. The second kappa shape index (κ2) is 6.81. The molecule has 2 amide bonds. The van der Waals surface area contributed by atoms with Crippen LogP contribution >= 0.6 is 0 Å². The second-order valence-electron chi connectivity index (χ2n) is 6.09. The lowest BCUT2D eigenvalue weighted by Gasteiger charge is -2.32. The number of nitrogens with zero attached hydrogens (tertiary/aromatic N) is 1. The van der Waals surface area contributed by atoms with Crippen LogP contribution in [0, 0.1) is 19.8 Å². The molecule has 1 atom stereocenters. The van der Waals surface area contributed by atoms with Crippen molar-refractivity contribution in [2.75, 3.05) is 13.1 Å². The first-order chi connectivity index (χ1) is 10.4. The number of primary amides is 1. The van der Waals surface area contributed by atoms with Gasteiger partial charge in [0.05, 0.1) is 0 Å². The maximum Gasteiger partial charge on any atom is 0.263 e. The first-order valence-electron chi connectivity index (χ1n) is 7.70. The molecule has 2 N–H and O–H groups in total. The summed E-state index contributed by atoms with van der Waals surface area (Å²) >= 11 is 0. The van der Waals surface area contributed by atoms with E-state index in [0.29, 0.717) is 31.7 Å². The van der Waals surface area contributed by atoms with E-state index in [9.17, 15) is 9.59 Å². The van der Waals surface area contributed by atoms with E-state index in [2.05, 4.69) is 6.07 Å². The fourth-order valence-corrected chi connectivity index (χ4v) is 2.90. The van der Waals surface area contributed by atoms with Crippen molar-refractivity contribution in [2.45, 2.75) is 39.7 Å². The van der Waals surface area contributed by atoms with E-state index in [0.717, 1.165) is 11.1 Å². The van der Waals surface area contributed by atoms with Crippen molar-refractivity contribution >= 4 is 11.8 Å². The van der Waals surface area contributed by atoms with Gasteiger partial charge in [0.1, 0.15) is 5.75 Å². The Labute approximate surface area is 131 Å². The summed E-state index contributed by atoms with van der Waals surface area (Å²) in [5.41, 5.74) is 7.53. The molecular formula is C17H24N2O3. The SMILES string of the molecule is Cc1cc(C)cc(OC(C)C(=O)N2CCC(C(N)=O)CC2)c1. The van der Waals surface area contributed by atoms with Crippen LogP contribution in [-0.2, 0) is 9.59 Å². The standard InChI is InChI=1S/C17H24N2O3/c1-11-8-12(2)10-15(9-11)22-13(3)17(21)19-6-4-14(5-7-19)16(18)20/h8-10,13-14H,4-7H2,1-3H3,(H2,18,20). The minimum Gasteiger partial charge on any atom is -0.481 e. The van der Waals surface area contributed by atoms with Crippen LogP contribution in [-0.4, -0.2) is 35.9 Å². The van der Waals surface area contributed by atoms with Gasteiger partial charge in [0.15, 0.2) is 6.10 Å². The third-order valence-corrected chi connectivity index (χ3v) is 4.06. The van der Waals surface area contributed by atoms with Gasteiger partial charge in [-0.25, -0.2) is 0 Å². The maximum absolute atomic E-state index is 12.4. The number of hydrogen-bond donors (Lipinski definition) is 1. The molecule has 1 aliphatic rings. The highest BCUT2D eigenvalue weighted by Gasteiger charge is 2.29. The highest BCUT2D eigenvalue weighted by atomic mass is 16.5. The molecule has 1 heterocycles. The maximum atomic E-state index is 12.4. The highest BCUT2D eigenvalue weighted by Crippen LogP contribution is 2.20. The monoisotopic (exact) mass is 304 g/mol. The van der Waals surface area contributed by atoms with Gasteiger partial charge >= 0.3 is 0 Å². The number of ether oxygens (including phenoxy) is 1. The van der Waals surface area contributed by atoms with Crippen molar-refractivity contribution < 1.29 is 14.3 Å². The molecule has 0 aromatic heterocycles. The molecule has 1 unspecified atom stereocenters. The fraction of sp³-hybridized carbons (Fsp3) is 0.529. The topological polar surface area (TPSA) is 72.6 Å². The zero-order valence-electron chi connectivity index (χ0n) is 13.5.